The van der Waals surface area contributed by atoms with Gasteiger partial charge in [-0.05, 0) is 13.8 Å². The molecule has 0 aliphatic heterocycles. The maximum atomic E-state index is 10.3. The van der Waals surface area contributed by atoms with Gasteiger partial charge in [-0.15, -0.1) is 11.8 Å². The Hall–Kier alpha value is -0.490. The number of aldehydes is 1. The first-order valence-electron chi connectivity index (χ1n) is 3.09. The molecule has 0 aliphatic rings. The summed E-state index contributed by atoms with van der Waals surface area (Å²) in [5.41, 5.74) is 0. The van der Waals surface area contributed by atoms with Crippen molar-refractivity contribution in [3.8, 4) is 6.07 Å². The van der Waals surface area contributed by atoms with Crippen LogP contribution in [-0.2, 0) is 4.79 Å². The van der Waals surface area contributed by atoms with Crippen LogP contribution in [0.5, 0.6) is 0 Å². The maximum Gasteiger partial charge on any atom is 0.135 e. The van der Waals surface area contributed by atoms with E-state index in [-0.39, 0.29) is 4.75 Å². The zero-order valence-corrected chi connectivity index (χ0v) is 7.07. The maximum absolute atomic E-state index is 10.3. The molecule has 3 heteroatoms. The zero-order valence-electron chi connectivity index (χ0n) is 6.26. The summed E-state index contributed by atoms with van der Waals surface area (Å²) in [4.78, 5) is 10.3. The Morgan fingerprint density at radius 1 is 1.70 bits per heavy atom. The normalized spacial score (nSPS) is 10.5. The third kappa shape index (κ3) is 4.39. The molecule has 2 nitrogen and oxygen atoms in total. The van der Waals surface area contributed by atoms with Crippen LogP contribution in [0, 0.1) is 11.3 Å². The molecule has 0 N–H and O–H groups in total. The molecule has 0 aromatic rings. The van der Waals surface area contributed by atoms with Gasteiger partial charge in [-0.2, -0.15) is 5.26 Å². The Labute approximate surface area is 65.6 Å². The molecule has 0 saturated heterocycles. The minimum absolute atomic E-state index is 0.323. The lowest BCUT2D eigenvalue weighted by molar-refractivity contribution is -0.109. The average Bonchev–Trinajstić information content (AvgIpc) is 1.89. The lowest BCUT2D eigenvalue weighted by atomic mass is 10.2. The van der Waals surface area contributed by atoms with Crippen LogP contribution >= 0.6 is 11.8 Å². The van der Waals surface area contributed by atoms with E-state index in [0.717, 1.165) is 12.0 Å². The van der Waals surface area contributed by atoms with Crippen molar-refractivity contribution in [2.45, 2.75) is 25.0 Å². The van der Waals surface area contributed by atoms with E-state index in [1.807, 2.05) is 19.9 Å². The predicted octanol–water partition coefficient (Wildman–Crippen LogP) is 1.61. The fraction of sp³-hybridized carbons (Fsp3) is 0.714. The van der Waals surface area contributed by atoms with Gasteiger partial charge in [0.15, 0.2) is 0 Å². The fourth-order valence-electron chi connectivity index (χ4n) is 0.394. The Morgan fingerprint density at radius 2 is 2.30 bits per heavy atom. The number of hydrogen-bond acceptors (Lipinski definition) is 3. The first kappa shape index (κ1) is 9.51. The molecule has 10 heavy (non-hydrogen) atoms. The number of thioether (sulfide) groups is 1. The van der Waals surface area contributed by atoms with Crippen LogP contribution in [0.2, 0.25) is 0 Å². The highest BCUT2D eigenvalue weighted by atomic mass is 32.2. The van der Waals surface area contributed by atoms with Crippen molar-refractivity contribution in [2.24, 2.45) is 0 Å². The van der Waals surface area contributed by atoms with Gasteiger partial charge in [-0.1, -0.05) is 0 Å². The summed E-state index contributed by atoms with van der Waals surface area (Å²) in [6.45, 7) is 3.70. The standard InChI is InChI=1S/C7H11NOS/c1-7(2,6-9)10-5-3-4-8/h6H,3,5H2,1-2H3. The van der Waals surface area contributed by atoms with Gasteiger partial charge in [0.25, 0.3) is 0 Å². The molecule has 0 fully saturated rings. The monoisotopic (exact) mass is 157 g/mol. The molecule has 0 radical (unpaired) electrons. The van der Waals surface area contributed by atoms with Crippen molar-refractivity contribution >= 4 is 18.0 Å². The number of nitrogens with zero attached hydrogens (tertiary/aromatic N) is 1. The van der Waals surface area contributed by atoms with E-state index in [1.54, 1.807) is 0 Å². The van der Waals surface area contributed by atoms with Crippen LogP contribution in [0.15, 0.2) is 0 Å². The average molecular weight is 157 g/mol. The highest BCUT2D eigenvalue weighted by molar-refractivity contribution is 8.01. The molecule has 0 aromatic heterocycles. The molecule has 0 bridgehead atoms. The lowest BCUT2D eigenvalue weighted by Crippen LogP contribution is -2.16. The second kappa shape index (κ2) is 4.35. The first-order chi connectivity index (χ1) is 4.62. The quantitative estimate of drug-likeness (QED) is 0.460. The highest BCUT2D eigenvalue weighted by Crippen LogP contribution is 2.21. The van der Waals surface area contributed by atoms with Crippen LogP contribution < -0.4 is 0 Å². The van der Waals surface area contributed by atoms with E-state index in [1.165, 1.54) is 11.8 Å². The third-order valence-electron chi connectivity index (χ3n) is 0.972. The molecule has 0 heterocycles. The van der Waals surface area contributed by atoms with Crippen molar-refractivity contribution in [3.63, 3.8) is 0 Å². The van der Waals surface area contributed by atoms with Crippen molar-refractivity contribution in [2.75, 3.05) is 5.75 Å². The van der Waals surface area contributed by atoms with E-state index >= 15 is 0 Å². The van der Waals surface area contributed by atoms with Gasteiger partial charge >= 0.3 is 0 Å². The van der Waals surface area contributed by atoms with Crippen LogP contribution in [0.25, 0.3) is 0 Å². The topological polar surface area (TPSA) is 40.9 Å². The van der Waals surface area contributed by atoms with Crippen molar-refractivity contribution in [3.05, 3.63) is 0 Å². The molecule has 0 saturated carbocycles. The molecule has 56 valence electrons. The fourth-order valence-corrected chi connectivity index (χ4v) is 1.18. The number of carbonyl (C=O) groups excluding carboxylic acids is 1. The molecular weight excluding hydrogens is 146 g/mol. The van der Waals surface area contributed by atoms with Gasteiger partial charge in [-0.3, -0.25) is 0 Å². The summed E-state index contributed by atoms with van der Waals surface area (Å²) >= 11 is 1.51. The SMILES string of the molecule is CC(C)(C=O)SCCC#N. The molecule has 0 atom stereocenters. The van der Waals surface area contributed by atoms with Gasteiger partial charge in [-0.25, -0.2) is 0 Å². The number of rotatable bonds is 4. The van der Waals surface area contributed by atoms with Gasteiger partial charge < -0.3 is 4.79 Å². The Balaban J connectivity index is 3.49. The van der Waals surface area contributed by atoms with Crippen LogP contribution in [0.3, 0.4) is 0 Å². The third-order valence-corrected chi connectivity index (χ3v) is 2.22. The van der Waals surface area contributed by atoms with Crippen LogP contribution in [-0.4, -0.2) is 16.8 Å². The summed E-state index contributed by atoms with van der Waals surface area (Å²) in [7, 11) is 0. The van der Waals surface area contributed by atoms with E-state index in [9.17, 15) is 4.79 Å². The van der Waals surface area contributed by atoms with Crippen molar-refractivity contribution in [1.82, 2.24) is 0 Å². The van der Waals surface area contributed by atoms with Crippen LogP contribution in [0.1, 0.15) is 20.3 Å². The van der Waals surface area contributed by atoms with E-state index in [4.69, 9.17) is 5.26 Å². The largest absolute Gasteiger partial charge is 0.302 e. The first-order valence-corrected chi connectivity index (χ1v) is 4.08. The molecule has 0 unspecified atom stereocenters. The Kier molecular flexibility index (Phi) is 4.13. The lowest BCUT2D eigenvalue weighted by Gasteiger charge is -2.13. The van der Waals surface area contributed by atoms with Gasteiger partial charge in [0.1, 0.15) is 6.29 Å². The Bertz CT molecular complexity index is 148. The van der Waals surface area contributed by atoms with E-state index in [0.29, 0.717) is 6.42 Å². The summed E-state index contributed by atoms with van der Waals surface area (Å²) in [5.74, 6) is 0.738. The minimum atomic E-state index is -0.323. The minimum Gasteiger partial charge on any atom is -0.302 e. The van der Waals surface area contributed by atoms with E-state index < -0.39 is 0 Å². The molecular formula is C7H11NOS. The second-order valence-electron chi connectivity index (χ2n) is 2.48. The molecule has 0 rings (SSSR count). The smallest absolute Gasteiger partial charge is 0.135 e. The van der Waals surface area contributed by atoms with Gasteiger partial charge in [0.05, 0.1) is 10.8 Å². The summed E-state index contributed by atoms with van der Waals surface area (Å²) in [5, 5.41) is 8.18. The van der Waals surface area contributed by atoms with Gasteiger partial charge in [0.2, 0.25) is 0 Å². The number of carbonyl (C=O) groups is 1. The second-order valence-corrected chi connectivity index (χ2v) is 4.23. The number of nitriles is 1. The summed E-state index contributed by atoms with van der Waals surface area (Å²) in [6.07, 6.45) is 1.43. The molecule has 0 amide bonds. The predicted molar refractivity (Wildman–Crippen MR) is 42.8 cm³/mol. The molecule has 0 spiro atoms. The molecule has 0 aromatic carbocycles. The molecule has 0 aliphatic carbocycles. The van der Waals surface area contributed by atoms with Crippen molar-refractivity contribution in [1.29, 1.82) is 5.26 Å². The van der Waals surface area contributed by atoms with E-state index in [2.05, 4.69) is 0 Å². The van der Waals surface area contributed by atoms with Gasteiger partial charge in [0, 0.05) is 12.2 Å². The summed E-state index contributed by atoms with van der Waals surface area (Å²) < 4.78 is -0.323. The van der Waals surface area contributed by atoms with Crippen molar-refractivity contribution < 1.29 is 4.79 Å². The summed E-state index contributed by atoms with van der Waals surface area (Å²) in [6, 6.07) is 2.03. The number of hydrogen-bond donors (Lipinski definition) is 0. The highest BCUT2D eigenvalue weighted by Gasteiger charge is 2.15. The Morgan fingerprint density at radius 3 is 2.70 bits per heavy atom. The zero-order chi connectivity index (χ0) is 8.04. The van der Waals surface area contributed by atoms with Crippen LogP contribution in [0.4, 0.5) is 0 Å².